The van der Waals surface area contributed by atoms with Gasteiger partial charge in [0.05, 0.1) is 23.5 Å². The minimum Gasteiger partial charge on any atom is -0.390 e. The van der Waals surface area contributed by atoms with Crippen molar-refractivity contribution in [1.29, 1.82) is 0 Å². The van der Waals surface area contributed by atoms with Crippen molar-refractivity contribution < 1.29 is 9.90 Å². The van der Waals surface area contributed by atoms with E-state index in [0.29, 0.717) is 18.5 Å². The van der Waals surface area contributed by atoms with Gasteiger partial charge in [0.15, 0.2) is 0 Å². The molecule has 3 N–H and O–H groups in total. The van der Waals surface area contributed by atoms with Crippen LogP contribution in [0.3, 0.4) is 0 Å². The van der Waals surface area contributed by atoms with E-state index in [1.165, 1.54) is 0 Å². The first-order chi connectivity index (χ1) is 12.9. The first-order valence-electron chi connectivity index (χ1n) is 9.10. The lowest BCUT2D eigenvalue weighted by Crippen LogP contribution is -2.23. The monoisotopic (exact) mass is 363 g/mol. The molecule has 0 fully saturated rings. The van der Waals surface area contributed by atoms with Crippen LogP contribution < -0.4 is 5.32 Å². The third kappa shape index (κ3) is 5.53. The van der Waals surface area contributed by atoms with Gasteiger partial charge in [-0.05, 0) is 50.5 Å². The van der Waals surface area contributed by atoms with Crippen LogP contribution in [-0.4, -0.2) is 26.8 Å². The second-order valence-electron chi connectivity index (χ2n) is 7.34. The normalized spacial score (nSPS) is 11.4. The summed E-state index contributed by atoms with van der Waals surface area (Å²) < 4.78 is 0. The van der Waals surface area contributed by atoms with Gasteiger partial charge in [-0.15, -0.1) is 0 Å². The largest absolute Gasteiger partial charge is 0.390 e. The fourth-order valence-corrected chi connectivity index (χ4v) is 2.80. The van der Waals surface area contributed by atoms with E-state index in [4.69, 9.17) is 0 Å². The van der Waals surface area contributed by atoms with Gasteiger partial charge in [-0.25, -0.2) is 0 Å². The Balaban J connectivity index is 1.59. The molecule has 0 atom stereocenters. The van der Waals surface area contributed by atoms with E-state index in [9.17, 15) is 9.90 Å². The summed E-state index contributed by atoms with van der Waals surface area (Å²) in [6, 6.07) is 19.4. The molecule has 5 heteroatoms. The van der Waals surface area contributed by atoms with Gasteiger partial charge in [0.2, 0.25) is 0 Å². The summed E-state index contributed by atoms with van der Waals surface area (Å²) in [7, 11) is 0. The van der Waals surface area contributed by atoms with E-state index in [2.05, 4.69) is 15.5 Å². The average Bonchev–Trinajstić information content (AvgIpc) is 3.14. The molecular formula is C22H25N3O2. The van der Waals surface area contributed by atoms with Gasteiger partial charge < -0.3 is 10.4 Å². The summed E-state index contributed by atoms with van der Waals surface area (Å²) >= 11 is 0. The van der Waals surface area contributed by atoms with E-state index in [1.807, 2.05) is 54.6 Å². The number of H-pyrrole nitrogens is 1. The summed E-state index contributed by atoms with van der Waals surface area (Å²) in [5, 5.41) is 20.0. The number of nitrogens with one attached hydrogen (secondary N) is 2. The Bertz CT molecular complexity index is 895. The number of benzene rings is 2. The Morgan fingerprint density at radius 2 is 1.89 bits per heavy atom. The molecule has 0 saturated heterocycles. The molecule has 2 aromatic carbocycles. The molecule has 0 aliphatic carbocycles. The maximum absolute atomic E-state index is 12.5. The topological polar surface area (TPSA) is 78.0 Å². The van der Waals surface area contributed by atoms with E-state index in [-0.39, 0.29) is 5.91 Å². The van der Waals surface area contributed by atoms with Crippen LogP contribution >= 0.6 is 0 Å². The van der Waals surface area contributed by atoms with E-state index in [0.717, 1.165) is 28.9 Å². The maximum Gasteiger partial charge on any atom is 0.251 e. The molecule has 0 unspecified atom stereocenters. The van der Waals surface area contributed by atoms with Gasteiger partial charge in [0.25, 0.3) is 5.91 Å². The number of aromatic amines is 1. The molecule has 3 aromatic rings. The van der Waals surface area contributed by atoms with E-state index < -0.39 is 5.60 Å². The lowest BCUT2D eigenvalue weighted by molar-refractivity contribution is 0.0714. The standard InChI is InChI=1S/C22H25N3O2/c1-22(2,27)12-11-16-7-6-10-18(13-16)21(26)23-15-19-14-20(25-24-19)17-8-4-3-5-9-17/h3-10,13-14,27H,11-12,15H2,1-2H3,(H,23,26)(H,24,25). The van der Waals surface area contributed by atoms with Crippen LogP contribution in [0.2, 0.25) is 0 Å². The number of rotatable bonds is 7. The first-order valence-corrected chi connectivity index (χ1v) is 9.10. The second-order valence-corrected chi connectivity index (χ2v) is 7.34. The second kappa shape index (κ2) is 8.18. The Labute approximate surface area is 159 Å². The number of carbonyl (C=O) groups is 1. The van der Waals surface area contributed by atoms with Crippen LogP contribution in [-0.2, 0) is 13.0 Å². The number of aromatic nitrogens is 2. The number of hydrogen-bond acceptors (Lipinski definition) is 3. The number of hydrogen-bond donors (Lipinski definition) is 3. The molecule has 1 heterocycles. The highest BCUT2D eigenvalue weighted by atomic mass is 16.3. The minimum absolute atomic E-state index is 0.129. The van der Waals surface area contributed by atoms with Crippen LogP contribution in [0.1, 0.15) is 41.9 Å². The number of nitrogens with zero attached hydrogens (tertiary/aromatic N) is 1. The predicted molar refractivity (Wildman–Crippen MR) is 106 cm³/mol. The van der Waals surface area contributed by atoms with Gasteiger partial charge in [-0.1, -0.05) is 42.5 Å². The third-order valence-electron chi connectivity index (χ3n) is 4.35. The van der Waals surface area contributed by atoms with E-state index in [1.54, 1.807) is 19.9 Å². The predicted octanol–water partition coefficient (Wildman–Crippen LogP) is 3.71. The van der Waals surface area contributed by atoms with Gasteiger partial charge in [-0.2, -0.15) is 5.10 Å². The van der Waals surface area contributed by atoms with Gasteiger partial charge in [0, 0.05) is 11.1 Å². The van der Waals surface area contributed by atoms with Crippen molar-refractivity contribution in [2.45, 2.75) is 38.8 Å². The van der Waals surface area contributed by atoms with Crippen LogP contribution in [0, 0.1) is 0 Å². The number of amides is 1. The summed E-state index contributed by atoms with van der Waals surface area (Å²) in [5.74, 6) is -0.129. The molecule has 0 radical (unpaired) electrons. The highest BCUT2D eigenvalue weighted by Gasteiger charge is 2.13. The lowest BCUT2D eigenvalue weighted by atomic mass is 9.98. The minimum atomic E-state index is -0.713. The van der Waals surface area contributed by atoms with Crippen molar-refractivity contribution >= 4 is 5.91 Å². The summed E-state index contributed by atoms with van der Waals surface area (Å²) in [6.45, 7) is 3.96. The maximum atomic E-state index is 12.5. The first kappa shape index (κ1) is 18.9. The van der Waals surface area contributed by atoms with Crippen LogP contribution in [0.4, 0.5) is 0 Å². The van der Waals surface area contributed by atoms with Crippen LogP contribution in [0.5, 0.6) is 0 Å². The fourth-order valence-electron chi connectivity index (χ4n) is 2.80. The molecule has 5 nitrogen and oxygen atoms in total. The SMILES string of the molecule is CC(C)(O)CCc1cccc(C(=O)NCc2cc(-c3ccccc3)n[nH]2)c1. The quantitative estimate of drug-likeness (QED) is 0.599. The lowest BCUT2D eigenvalue weighted by Gasteiger charge is -2.16. The molecule has 3 rings (SSSR count). The highest BCUT2D eigenvalue weighted by molar-refractivity contribution is 5.94. The highest BCUT2D eigenvalue weighted by Crippen LogP contribution is 2.17. The zero-order valence-electron chi connectivity index (χ0n) is 15.7. The van der Waals surface area contributed by atoms with Crippen LogP contribution in [0.15, 0.2) is 60.7 Å². The molecule has 0 aliphatic heterocycles. The van der Waals surface area contributed by atoms with Crippen molar-refractivity contribution in [3.63, 3.8) is 0 Å². The van der Waals surface area contributed by atoms with Gasteiger partial charge in [0.1, 0.15) is 0 Å². The molecule has 0 bridgehead atoms. The fraction of sp³-hybridized carbons (Fsp3) is 0.273. The zero-order chi connectivity index (χ0) is 19.3. The summed E-state index contributed by atoms with van der Waals surface area (Å²) in [6.07, 6.45) is 1.38. The van der Waals surface area contributed by atoms with Crippen LogP contribution in [0.25, 0.3) is 11.3 Å². The average molecular weight is 363 g/mol. The number of aliphatic hydroxyl groups is 1. The molecule has 0 aliphatic rings. The molecule has 0 spiro atoms. The zero-order valence-corrected chi connectivity index (χ0v) is 15.7. The Hall–Kier alpha value is -2.92. The Kier molecular flexibility index (Phi) is 5.72. The van der Waals surface area contributed by atoms with Gasteiger partial charge in [-0.3, -0.25) is 9.89 Å². The molecule has 1 amide bonds. The summed E-state index contributed by atoms with van der Waals surface area (Å²) in [5.41, 5.74) is 3.68. The summed E-state index contributed by atoms with van der Waals surface area (Å²) in [4.78, 5) is 12.5. The van der Waals surface area contributed by atoms with Crippen molar-refractivity contribution in [3.05, 3.63) is 77.5 Å². The van der Waals surface area contributed by atoms with Crippen molar-refractivity contribution in [2.24, 2.45) is 0 Å². The molecule has 27 heavy (non-hydrogen) atoms. The molecule has 140 valence electrons. The Morgan fingerprint density at radius 1 is 1.11 bits per heavy atom. The molecule has 0 saturated carbocycles. The third-order valence-corrected chi connectivity index (χ3v) is 4.35. The molecular weight excluding hydrogens is 338 g/mol. The Morgan fingerprint density at radius 3 is 2.63 bits per heavy atom. The van der Waals surface area contributed by atoms with Crippen molar-refractivity contribution in [2.75, 3.05) is 0 Å². The van der Waals surface area contributed by atoms with Crippen molar-refractivity contribution in [3.8, 4) is 11.3 Å². The van der Waals surface area contributed by atoms with Gasteiger partial charge >= 0.3 is 0 Å². The number of aryl methyl sites for hydroxylation is 1. The van der Waals surface area contributed by atoms with Crippen molar-refractivity contribution in [1.82, 2.24) is 15.5 Å². The van der Waals surface area contributed by atoms with E-state index >= 15 is 0 Å². The smallest absolute Gasteiger partial charge is 0.251 e. The molecule has 1 aromatic heterocycles. The number of carbonyl (C=O) groups excluding carboxylic acids is 1.